The molecule has 0 bridgehead atoms. The van der Waals surface area contributed by atoms with E-state index in [0.717, 1.165) is 5.56 Å². The van der Waals surface area contributed by atoms with Gasteiger partial charge in [0, 0.05) is 24.7 Å². The van der Waals surface area contributed by atoms with E-state index >= 15 is 0 Å². The lowest BCUT2D eigenvalue weighted by Gasteiger charge is -2.19. The van der Waals surface area contributed by atoms with Gasteiger partial charge in [0.05, 0.1) is 10.5 Å². The minimum atomic E-state index is -0.526. The SMILES string of the molecule is CC(C)(C)OC(=O)c1ccc(CNCc2ccccc2[N+](=O)[O-])cc1. The van der Waals surface area contributed by atoms with Gasteiger partial charge in [-0.05, 0) is 38.5 Å². The lowest BCUT2D eigenvalue weighted by molar-refractivity contribution is -0.385. The summed E-state index contributed by atoms with van der Waals surface area (Å²) in [5, 5.41) is 14.2. The molecular formula is C19H22N2O4. The molecule has 6 heteroatoms. The number of nitrogens with zero attached hydrogens (tertiary/aromatic N) is 1. The van der Waals surface area contributed by atoms with Gasteiger partial charge >= 0.3 is 5.97 Å². The van der Waals surface area contributed by atoms with Crippen molar-refractivity contribution in [1.82, 2.24) is 5.32 Å². The van der Waals surface area contributed by atoms with Gasteiger partial charge in [-0.3, -0.25) is 10.1 Å². The molecular weight excluding hydrogens is 320 g/mol. The number of para-hydroxylation sites is 1. The topological polar surface area (TPSA) is 81.5 Å². The number of ether oxygens (including phenoxy) is 1. The number of rotatable bonds is 6. The molecule has 0 heterocycles. The predicted octanol–water partition coefficient (Wildman–Crippen LogP) is 3.84. The highest BCUT2D eigenvalue weighted by molar-refractivity contribution is 5.89. The summed E-state index contributed by atoms with van der Waals surface area (Å²) in [5.41, 5.74) is 1.69. The van der Waals surface area contributed by atoms with E-state index in [-0.39, 0.29) is 16.6 Å². The van der Waals surface area contributed by atoms with Crippen LogP contribution in [0.5, 0.6) is 0 Å². The maximum atomic E-state index is 12.0. The number of carbonyl (C=O) groups is 1. The van der Waals surface area contributed by atoms with Gasteiger partial charge in [-0.15, -0.1) is 0 Å². The summed E-state index contributed by atoms with van der Waals surface area (Å²) in [5.74, 6) is -0.355. The average Bonchev–Trinajstić information content (AvgIpc) is 2.54. The lowest BCUT2D eigenvalue weighted by atomic mass is 10.1. The van der Waals surface area contributed by atoms with Crippen LogP contribution in [0, 0.1) is 10.1 Å². The van der Waals surface area contributed by atoms with Crippen LogP contribution in [0.15, 0.2) is 48.5 Å². The van der Waals surface area contributed by atoms with Crippen molar-refractivity contribution in [3.63, 3.8) is 0 Å². The third-order valence-corrected chi connectivity index (χ3v) is 3.42. The molecule has 0 aliphatic rings. The van der Waals surface area contributed by atoms with Crippen LogP contribution in [0.4, 0.5) is 5.69 Å². The predicted molar refractivity (Wildman–Crippen MR) is 95.3 cm³/mol. The van der Waals surface area contributed by atoms with Crippen LogP contribution < -0.4 is 5.32 Å². The number of nitro benzene ring substituents is 1. The molecule has 1 N–H and O–H groups in total. The Balaban J connectivity index is 1.92. The Morgan fingerprint density at radius 3 is 2.32 bits per heavy atom. The van der Waals surface area contributed by atoms with Gasteiger partial charge in [-0.1, -0.05) is 30.3 Å². The fourth-order valence-corrected chi connectivity index (χ4v) is 2.28. The summed E-state index contributed by atoms with van der Waals surface area (Å²) in [6.45, 7) is 6.41. The molecule has 0 unspecified atom stereocenters. The zero-order valence-electron chi connectivity index (χ0n) is 14.6. The zero-order valence-corrected chi connectivity index (χ0v) is 14.6. The summed E-state index contributed by atoms with van der Waals surface area (Å²) in [6, 6.07) is 13.8. The van der Waals surface area contributed by atoms with Gasteiger partial charge in [0.25, 0.3) is 5.69 Å². The van der Waals surface area contributed by atoms with Crippen LogP contribution in [0.1, 0.15) is 42.3 Å². The van der Waals surface area contributed by atoms with E-state index in [1.54, 1.807) is 30.3 Å². The molecule has 132 valence electrons. The van der Waals surface area contributed by atoms with Crippen LogP contribution in [-0.2, 0) is 17.8 Å². The molecule has 2 rings (SSSR count). The van der Waals surface area contributed by atoms with Crippen molar-refractivity contribution in [2.45, 2.75) is 39.5 Å². The summed E-state index contributed by atoms with van der Waals surface area (Å²) in [7, 11) is 0. The molecule has 0 aliphatic heterocycles. The number of esters is 1. The molecule has 0 aliphatic carbocycles. The molecule has 0 amide bonds. The number of nitrogens with one attached hydrogen (secondary N) is 1. The van der Waals surface area contributed by atoms with Crippen molar-refractivity contribution in [3.8, 4) is 0 Å². The Labute approximate surface area is 147 Å². The number of hydrogen-bond donors (Lipinski definition) is 1. The standard InChI is InChI=1S/C19H22N2O4/c1-19(2,3)25-18(22)15-10-8-14(9-11-15)12-20-13-16-6-4-5-7-17(16)21(23)24/h4-11,20H,12-13H2,1-3H3. The maximum Gasteiger partial charge on any atom is 0.338 e. The minimum absolute atomic E-state index is 0.107. The zero-order chi connectivity index (χ0) is 18.4. The van der Waals surface area contributed by atoms with Crippen LogP contribution in [0.2, 0.25) is 0 Å². The van der Waals surface area contributed by atoms with E-state index < -0.39 is 5.60 Å². The summed E-state index contributed by atoms with van der Waals surface area (Å²) < 4.78 is 5.32. The largest absolute Gasteiger partial charge is 0.456 e. The van der Waals surface area contributed by atoms with Gasteiger partial charge < -0.3 is 10.1 Å². The smallest absolute Gasteiger partial charge is 0.338 e. The van der Waals surface area contributed by atoms with E-state index in [2.05, 4.69) is 5.32 Å². The maximum absolute atomic E-state index is 12.0. The van der Waals surface area contributed by atoms with Gasteiger partial charge in [-0.25, -0.2) is 4.79 Å². The van der Waals surface area contributed by atoms with Crippen molar-refractivity contribution in [2.24, 2.45) is 0 Å². The molecule has 0 saturated carbocycles. The molecule has 2 aromatic rings. The quantitative estimate of drug-likeness (QED) is 0.490. The fraction of sp³-hybridized carbons (Fsp3) is 0.316. The van der Waals surface area contributed by atoms with E-state index in [9.17, 15) is 14.9 Å². The van der Waals surface area contributed by atoms with Crippen LogP contribution >= 0.6 is 0 Å². The van der Waals surface area contributed by atoms with E-state index in [1.807, 2.05) is 32.9 Å². The molecule has 0 spiro atoms. The number of hydrogen-bond acceptors (Lipinski definition) is 5. The number of carbonyl (C=O) groups excluding carboxylic acids is 1. The first-order valence-electron chi connectivity index (χ1n) is 8.01. The molecule has 25 heavy (non-hydrogen) atoms. The first kappa shape index (κ1) is 18.6. The van der Waals surface area contributed by atoms with Crippen LogP contribution in [0.3, 0.4) is 0 Å². The number of benzene rings is 2. The second-order valence-corrected chi connectivity index (χ2v) is 6.69. The van der Waals surface area contributed by atoms with E-state index in [4.69, 9.17) is 4.74 Å². The Bertz CT molecular complexity index is 749. The van der Waals surface area contributed by atoms with E-state index in [1.165, 1.54) is 6.07 Å². The normalized spacial score (nSPS) is 11.2. The Hall–Kier alpha value is -2.73. The molecule has 0 atom stereocenters. The van der Waals surface area contributed by atoms with Crippen molar-refractivity contribution >= 4 is 11.7 Å². The minimum Gasteiger partial charge on any atom is -0.456 e. The van der Waals surface area contributed by atoms with Gasteiger partial charge in [-0.2, -0.15) is 0 Å². The van der Waals surface area contributed by atoms with Crippen molar-refractivity contribution in [2.75, 3.05) is 0 Å². The van der Waals surface area contributed by atoms with Crippen molar-refractivity contribution in [3.05, 3.63) is 75.3 Å². The fourth-order valence-electron chi connectivity index (χ4n) is 2.28. The van der Waals surface area contributed by atoms with Crippen molar-refractivity contribution < 1.29 is 14.5 Å². The monoisotopic (exact) mass is 342 g/mol. The highest BCUT2D eigenvalue weighted by Crippen LogP contribution is 2.17. The molecule has 2 aromatic carbocycles. The summed E-state index contributed by atoms with van der Waals surface area (Å²) >= 11 is 0. The van der Waals surface area contributed by atoms with Crippen LogP contribution in [-0.4, -0.2) is 16.5 Å². The van der Waals surface area contributed by atoms with Crippen LogP contribution in [0.25, 0.3) is 0 Å². The van der Waals surface area contributed by atoms with Gasteiger partial charge in [0.1, 0.15) is 5.60 Å². The summed E-state index contributed by atoms with van der Waals surface area (Å²) in [4.78, 5) is 22.6. The average molecular weight is 342 g/mol. The Morgan fingerprint density at radius 1 is 1.08 bits per heavy atom. The van der Waals surface area contributed by atoms with Gasteiger partial charge in [0.15, 0.2) is 0 Å². The summed E-state index contributed by atoms with van der Waals surface area (Å²) in [6.07, 6.45) is 0. The Kier molecular flexibility index (Phi) is 5.88. The second kappa shape index (κ2) is 7.90. The second-order valence-electron chi connectivity index (χ2n) is 6.69. The molecule has 0 radical (unpaired) electrons. The highest BCUT2D eigenvalue weighted by atomic mass is 16.6. The Morgan fingerprint density at radius 2 is 1.72 bits per heavy atom. The van der Waals surface area contributed by atoms with E-state index in [0.29, 0.717) is 24.2 Å². The number of nitro groups is 1. The highest BCUT2D eigenvalue weighted by Gasteiger charge is 2.17. The molecule has 6 nitrogen and oxygen atoms in total. The van der Waals surface area contributed by atoms with Gasteiger partial charge in [0.2, 0.25) is 0 Å². The molecule has 0 saturated heterocycles. The first-order valence-corrected chi connectivity index (χ1v) is 8.01. The first-order chi connectivity index (χ1) is 11.8. The van der Waals surface area contributed by atoms with Crippen molar-refractivity contribution in [1.29, 1.82) is 0 Å². The third kappa shape index (κ3) is 5.69. The molecule has 0 fully saturated rings. The third-order valence-electron chi connectivity index (χ3n) is 3.42. The lowest BCUT2D eigenvalue weighted by Crippen LogP contribution is -2.23. The molecule has 0 aromatic heterocycles.